The third-order valence-corrected chi connectivity index (χ3v) is 6.52. The molecule has 2 N–H and O–H groups in total. The molecule has 11 heteroatoms. The first-order valence-corrected chi connectivity index (χ1v) is 11.6. The SMILES string of the molecule is O=C1N[C@@H]2CNC[C@@H]2OCC(=O)N2CCN(C(=O)c3ccccc3F)C[C@H]2COc2ncccc21. The summed E-state index contributed by atoms with van der Waals surface area (Å²) < 4.78 is 26.0. The molecule has 0 aliphatic carbocycles. The monoisotopic (exact) mass is 483 g/mol. The highest BCUT2D eigenvalue weighted by Crippen LogP contribution is 2.21. The number of nitrogens with zero attached hydrogens (tertiary/aromatic N) is 3. The largest absolute Gasteiger partial charge is 0.475 e. The summed E-state index contributed by atoms with van der Waals surface area (Å²) >= 11 is 0. The first kappa shape index (κ1) is 23.2. The molecule has 35 heavy (non-hydrogen) atoms. The van der Waals surface area contributed by atoms with E-state index in [2.05, 4.69) is 15.6 Å². The summed E-state index contributed by atoms with van der Waals surface area (Å²) in [7, 11) is 0. The number of carbonyl (C=O) groups excluding carboxylic acids is 3. The van der Waals surface area contributed by atoms with Crippen LogP contribution >= 0.6 is 0 Å². The average Bonchev–Trinajstić information content (AvgIpc) is 3.32. The zero-order valence-electron chi connectivity index (χ0n) is 19.0. The number of benzene rings is 1. The molecule has 2 aromatic rings. The van der Waals surface area contributed by atoms with Gasteiger partial charge in [-0.2, -0.15) is 0 Å². The fraction of sp³-hybridized carbons (Fsp3) is 0.417. The van der Waals surface area contributed by atoms with Gasteiger partial charge in [-0.3, -0.25) is 14.4 Å². The van der Waals surface area contributed by atoms with Gasteiger partial charge in [-0.15, -0.1) is 0 Å². The van der Waals surface area contributed by atoms with E-state index in [9.17, 15) is 18.8 Å². The maximum Gasteiger partial charge on any atom is 0.257 e. The minimum absolute atomic E-state index is 0.00149. The molecular weight excluding hydrogens is 457 g/mol. The zero-order valence-corrected chi connectivity index (χ0v) is 19.0. The van der Waals surface area contributed by atoms with E-state index in [1.807, 2.05) is 0 Å². The number of pyridine rings is 1. The lowest BCUT2D eigenvalue weighted by Crippen LogP contribution is -2.59. The molecule has 3 aliphatic rings. The molecule has 3 aliphatic heterocycles. The molecule has 1 aromatic heterocycles. The van der Waals surface area contributed by atoms with E-state index in [-0.39, 0.29) is 73.8 Å². The molecule has 3 atom stereocenters. The minimum atomic E-state index is -0.598. The van der Waals surface area contributed by atoms with E-state index in [0.717, 1.165) is 0 Å². The molecule has 10 nitrogen and oxygen atoms in total. The lowest BCUT2D eigenvalue weighted by atomic mass is 10.1. The molecule has 1 aromatic carbocycles. The van der Waals surface area contributed by atoms with E-state index in [1.165, 1.54) is 29.3 Å². The number of nitrogens with one attached hydrogen (secondary N) is 2. The summed E-state index contributed by atoms with van der Waals surface area (Å²) in [4.78, 5) is 46.4. The van der Waals surface area contributed by atoms with Gasteiger partial charge in [0.1, 0.15) is 24.6 Å². The molecule has 0 radical (unpaired) electrons. The molecule has 2 saturated heterocycles. The Morgan fingerprint density at radius 3 is 2.83 bits per heavy atom. The van der Waals surface area contributed by atoms with Gasteiger partial charge in [0, 0.05) is 38.9 Å². The van der Waals surface area contributed by atoms with Crippen LogP contribution in [0.25, 0.3) is 0 Å². The second-order valence-electron chi connectivity index (χ2n) is 8.73. The van der Waals surface area contributed by atoms with Crippen LogP contribution in [0, 0.1) is 5.82 Å². The Bertz CT molecular complexity index is 1130. The quantitative estimate of drug-likeness (QED) is 0.590. The van der Waals surface area contributed by atoms with Crippen LogP contribution in [0.3, 0.4) is 0 Å². The summed E-state index contributed by atoms with van der Waals surface area (Å²) in [6.07, 6.45) is 1.15. The van der Waals surface area contributed by atoms with E-state index in [0.29, 0.717) is 13.1 Å². The maximum atomic E-state index is 14.2. The first-order chi connectivity index (χ1) is 17.0. The fourth-order valence-electron chi connectivity index (χ4n) is 4.65. The number of carbonyl (C=O) groups is 3. The molecule has 0 spiro atoms. The molecule has 5 rings (SSSR count). The van der Waals surface area contributed by atoms with Gasteiger partial charge in [-0.1, -0.05) is 12.1 Å². The van der Waals surface area contributed by atoms with E-state index < -0.39 is 17.8 Å². The van der Waals surface area contributed by atoms with Crippen molar-refractivity contribution < 1.29 is 28.2 Å². The van der Waals surface area contributed by atoms with Crippen molar-refractivity contribution in [2.45, 2.75) is 18.2 Å². The number of hydrogen-bond donors (Lipinski definition) is 2. The predicted octanol–water partition coefficient (Wildman–Crippen LogP) is 0.0531. The van der Waals surface area contributed by atoms with Crippen LogP contribution in [0.1, 0.15) is 20.7 Å². The fourth-order valence-corrected chi connectivity index (χ4v) is 4.65. The highest BCUT2D eigenvalue weighted by Gasteiger charge is 2.36. The van der Waals surface area contributed by atoms with Crippen molar-refractivity contribution in [1.82, 2.24) is 25.4 Å². The molecule has 184 valence electrons. The molecule has 4 heterocycles. The molecule has 0 saturated carbocycles. The third-order valence-electron chi connectivity index (χ3n) is 6.52. The van der Waals surface area contributed by atoms with Crippen molar-refractivity contribution in [2.75, 3.05) is 45.9 Å². The number of aromatic nitrogens is 1. The van der Waals surface area contributed by atoms with Gasteiger partial charge in [0.05, 0.1) is 23.8 Å². The smallest absolute Gasteiger partial charge is 0.257 e. The van der Waals surface area contributed by atoms with Gasteiger partial charge >= 0.3 is 0 Å². The second kappa shape index (κ2) is 9.96. The summed E-state index contributed by atoms with van der Waals surface area (Å²) in [6.45, 7) is 1.48. The van der Waals surface area contributed by atoms with Gasteiger partial charge in [0.15, 0.2) is 0 Å². The number of halogens is 1. The van der Waals surface area contributed by atoms with Crippen LogP contribution in [-0.2, 0) is 9.53 Å². The standard InChI is InChI=1S/C24H26FN5O5/c25-18-6-2-1-4-16(18)24(33)29-8-9-30-15(12-29)13-35-23-17(5-3-7-27-23)22(32)28-19-10-26-11-20(19)34-14-21(30)31/h1-7,15,19-20,26H,8-14H2,(H,28,32)/t15-,19+,20-/m0/s1. The Balaban J connectivity index is 1.41. The van der Waals surface area contributed by atoms with Crippen molar-refractivity contribution in [3.63, 3.8) is 0 Å². The number of amides is 3. The number of piperazine rings is 1. The van der Waals surface area contributed by atoms with Crippen molar-refractivity contribution in [3.8, 4) is 5.88 Å². The highest BCUT2D eigenvalue weighted by molar-refractivity contribution is 5.96. The molecule has 3 amide bonds. The molecule has 0 bridgehead atoms. The predicted molar refractivity (Wildman–Crippen MR) is 121 cm³/mol. The second-order valence-corrected chi connectivity index (χ2v) is 8.73. The molecule has 2 fully saturated rings. The van der Waals surface area contributed by atoms with Gasteiger partial charge in [0.2, 0.25) is 11.8 Å². The Labute approximate surface area is 201 Å². The van der Waals surface area contributed by atoms with Crippen molar-refractivity contribution >= 4 is 17.7 Å². The number of hydrogen-bond acceptors (Lipinski definition) is 7. The Kier molecular flexibility index (Phi) is 6.60. The summed E-state index contributed by atoms with van der Waals surface area (Å²) in [6, 6.07) is 8.23. The van der Waals surface area contributed by atoms with Gasteiger partial charge in [-0.05, 0) is 24.3 Å². The topological polar surface area (TPSA) is 113 Å². The minimum Gasteiger partial charge on any atom is -0.475 e. The highest BCUT2D eigenvalue weighted by atomic mass is 19.1. The van der Waals surface area contributed by atoms with Crippen molar-refractivity contribution in [1.29, 1.82) is 0 Å². The van der Waals surface area contributed by atoms with Crippen LogP contribution in [-0.4, -0.2) is 96.6 Å². The Morgan fingerprint density at radius 2 is 1.97 bits per heavy atom. The molecular formula is C24H26FN5O5. The lowest BCUT2D eigenvalue weighted by molar-refractivity contribution is -0.143. The lowest BCUT2D eigenvalue weighted by Gasteiger charge is -2.41. The maximum absolute atomic E-state index is 14.2. The van der Waals surface area contributed by atoms with Crippen LogP contribution in [0.2, 0.25) is 0 Å². The number of rotatable bonds is 1. The first-order valence-electron chi connectivity index (χ1n) is 11.6. The third kappa shape index (κ3) is 4.82. The van der Waals surface area contributed by atoms with Gasteiger partial charge in [0.25, 0.3) is 11.8 Å². The van der Waals surface area contributed by atoms with Crippen LogP contribution in [0.5, 0.6) is 5.88 Å². The molecule has 0 unspecified atom stereocenters. The van der Waals surface area contributed by atoms with Crippen LogP contribution in [0.4, 0.5) is 4.39 Å². The average molecular weight is 484 g/mol. The Hall–Kier alpha value is -3.57. The summed E-state index contributed by atoms with van der Waals surface area (Å²) in [5.74, 6) is -1.50. The van der Waals surface area contributed by atoms with E-state index >= 15 is 0 Å². The normalized spacial score (nSPS) is 25.1. The van der Waals surface area contributed by atoms with Crippen LogP contribution in [0.15, 0.2) is 42.6 Å². The van der Waals surface area contributed by atoms with E-state index in [4.69, 9.17) is 9.47 Å². The van der Waals surface area contributed by atoms with Gasteiger partial charge < -0.3 is 29.9 Å². The number of fused-ring (bicyclic) bond motifs is 3. The van der Waals surface area contributed by atoms with Gasteiger partial charge in [-0.25, -0.2) is 9.37 Å². The van der Waals surface area contributed by atoms with Crippen molar-refractivity contribution in [3.05, 3.63) is 59.5 Å². The summed E-state index contributed by atoms with van der Waals surface area (Å²) in [5.41, 5.74) is 0.245. The number of ether oxygens (including phenoxy) is 2. The summed E-state index contributed by atoms with van der Waals surface area (Å²) in [5, 5.41) is 6.11. The Morgan fingerprint density at radius 1 is 1.11 bits per heavy atom. The van der Waals surface area contributed by atoms with Crippen LogP contribution < -0.4 is 15.4 Å². The van der Waals surface area contributed by atoms with E-state index in [1.54, 1.807) is 23.1 Å². The van der Waals surface area contributed by atoms with Crippen molar-refractivity contribution in [2.24, 2.45) is 0 Å². The zero-order chi connectivity index (χ0) is 24.4.